The predicted molar refractivity (Wildman–Crippen MR) is 131 cm³/mol. The molecule has 1 saturated heterocycles. The number of thiophene rings is 1. The number of rotatable bonds is 6. The van der Waals surface area contributed by atoms with Crippen LogP contribution in [-0.4, -0.2) is 36.3 Å². The number of hydrogen-bond acceptors (Lipinski definition) is 5. The molecule has 10 heteroatoms. The Labute approximate surface area is 200 Å². The number of fused-ring (bicyclic) bond motifs is 1. The Bertz CT molecular complexity index is 1340. The minimum atomic E-state index is -3.67. The molecule has 3 aromatic rings. The molecule has 0 saturated carbocycles. The van der Waals surface area contributed by atoms with Gasteiger partial charge in [0.05, 0.1) is 20.5 Å². The number of benzene rings is 1. The lowest BCUT2D eigenvalue weighted by Crippen LogP contribution is -2.42. The lowest BCUT2D eigenvalue weighted by atomic mass is 9.99. The molecule has 4 rings (SSSR count). The number of halogens is 1. The van der Waals surface area contributed by atoms with Crippen LogP contribution >= 0.6 is 34.3 Å². The zero-order valence-corrected chi connectivity index (χ0v) is 20.9. The number of amides is 1. The average Bonchev–Trinajstić information content (AvgIpc) is 3.37. The minimum absolute atomic E-state index is 0.131. The first-order valence-electron chi connectivity index (χ1n) is 10.4. The molecule has 2 aromatic heterocycles. The van der Waals surface area contributed by atoms with Crippen molar-refractivity contribution in [2.45, 2.75) is 36.9 Å². The molecular formula is C22H24ClN3O3S3. The number of aromatic nitrogens is 1. The molecule has 1 aliphatic rings. The van der Waals surface area contributed by atoms with Crippen molar-refractivity contribution in [3.8, 4) is 0 Å². The van der Waals surface area contributed by atoms with Crippen LogP contribution in [0.4, 0.5) is 0 Å². The minimum Gasteiger partial charge on any atom is -0.313 e. The summed E-state index contributed by atoms with van der Waals surface area (Å²) in [5.74, 6) is -0.753. The van der Waals surface area contributed by atoms with E-state index in [9.17, 15) is 13.2 Å². The molecule has 1 fully saturated rings. The topological polar surface area (TPSA) is 71.7 Å². The Morgan fingerprint density at radius 1 is 1.31 bits per heavy atom. The first kappa shape index (κ1) is 23.4. The molecule has 170 valence electrons. The first-order chi connectivity index (χ1) is 15.3. The quantitative estimate of drug-likeness (QED) is 0.452. The molecule has 0 bridgehead atoms. The van der Waals surface area contributed by atoms with E-state index in [0.717, 1.165) is 28.0 Å². The number of allylic oxidation sites excluding steroid dienone is 1. The molecule has 32 heavy (non-hydrogen) atoms. The number of piperidine rings is 1. The number of thiazole rings is 1. The highest BCUT2D eigenvalue weighted by Gasteiger charge is 2.34. The monoisotopic (exact) mass is 509 g/mol. The largest absolute Gasteiger partial charge is 0.313 e. The molecule has 3 heterocycles. The summed E-state index contributed by atoms with van der Waals surface area (Å²) >= 11 is 8.43. The second kappa shape index (κ2) is 9.61. The van der Waals surface area contributed by atoms with Crippen molar-refractivity contribution in [2.75, 3.05) is 13.1 Å². The first-order valence-corrected chi connectivity index (χ1v) is 13.9. The van der Waals surface area contributed by atoms with Gasteiger partial charge in [-0.1, -0.05) is 42.0 Å². The smallest absolute Gasteiger partial charge is 0.252 e. The predicted octanol–water partition coefficient (Wildman–Crippen LogP) is 4.69. The Kier molecular flexibility index (Phi) is 7.02. The van der Waals surface area contributed by atoms with Crippen molar-refractivity contribution in [1.29, 1.82) is 0 Å². The fourth-order valence-electron chi connectivity index (χ4n) is 3.84. The van der Waals surface area contributed by atoms with Gasteiger partial charge in [0.15, 0.2) is 4.80 Å². The van der Waals surface area contributed by atoms with Crippen LogP contribution < -0.4 is 4.80 Å². The number of carbonyl (C=O) groups excluding carboxylic acids is 1. The normalized spacial score (nSPS) is 18.3. The standard InChI is InChI=1S/C22H24ClN3O3S3/c1-3-11-26-17-8-7-15(4-2)13-18(17)30-22(26)24-21(27)16-6-5-12-25(14-16)32(28,29)20-10-9-19(23)31-20/h3,7-10,13,16H,1,4-6,11-12,14H2,2H3. The molecule has 6 nitrogen and oxygen atoms in total. The molecule has 0 spiro atoms. The van der Waals surface area contributed by atoms with Gasteiger partial charge in [-0.05, 0) is 49.1 Å². The van der Waals surface area contributed by atoms with Gasteiger partial charge in [-0.15, -0.1) is 17.9 Å². The van der Waals surface area contributed by atoms with Crippen molar-refractivity contribution >= 4 is 60.4 Å². The summed E-state index contributed by atoms with van der Waals surface area (Å²) in [7, 11) is -3.67. The second-order valence-electron chi connectivity index (χ2n) is 7.65. The van der Waals surface area contributed by atoms with Crippen LogP contribution in [0.1, 0.15) is 25.3 Å². The van der Waals surface area contributed by atoms with Gasteiger partial charge >= 0.3 is 0 Å². The zero-order chi connectivity index (χ0) is 22.9. The molecule has 1 aliphatic heterocycles. The summed E-state index contributed by atoms with van der Waals surface area (Å²) in [6, 6.07) is 9.35. The maximum atomic E-state index is 13.1. The lowest BCUT2D eigenvalue weighted by molar-refractivity contribution is -0.122. The third kappa shape index (κ3) is 4.63. The van der Waals surface area contributed by atoms with E-state index >= 15 is 0 Å². The summed E-state index contributed by atoms with van der Waals surface area (Å²) in [5, 5.41) is 0. The summed E-state index contributed by atoms with van der Waals surface area (Å²) in [6.07, 6.45) is 3.95. The highest BCUT2D eigenvalue weighted by molar-refractivity contribution is 7.91. The van der Waals surface area contributed by atoms with Crippen LogP contribution in [0.3, 0.4) is 0 Å². The van der Waals surface area contributed by atoms with E-state index in [0.29, 0.717) is 35.1 Å². The van der Waals surface area contributed by atoms with E-state index in [4.69, 9.17) is 11.6 Å². The van der Waals surface area contributed by atoms with E-state index < -0.39 is 15.9 Å². The van der Waals surface area contributed by atoms with Crippen molar-refractivity contribution in [3.63, 3.8) is 0 Å². The van der Waals surface area contributed by atoms with E-state index in [-0.39, 0.29) is 16.7 Å². The molecule has 1 aromatic carbocycles. The fraction of sp³-hybridized carbons (Fsp3) is 0.364. The maximum absolute atomic E-state index is 13.1. The highest BCUT2D eigenvalue weighted by atomic mass is 35.5. The summed E-state index contributed by atoms with van der Waals surface area (Å²) in [5.41, 5.74) is 2.24. The molecular weight excluding hydrogens is 486 g/mol. The lowest BCUT2D eigenvalue weighted by Gasteiger charge is -2.29. The van der Waals surface area contributed by atoms with E-state index in [1.165, 1.54) is 27.3 Å². The number of hydrogen-bond donors (Lipinski definition) is 0. The molecule has 0 radical (unpaired) electrons. The third-order valence-corrected chi connectivity index (χ3v) is 10.2. The number of carbonyl (C=O) groups is 1. The molecule has 1 atom stereocenters. The van der Waals surface area contributed by atoms with Crippen LogP contribution in [0.5, 0.6) is 0 Å². The number of sulfonamides is 1. The molecule has 1 amide bonds. The van der Waals surface area contributed by atoms with Gasteiger partial charge in [0, 0.05) is 19.6 Å². The zero-order valence-electron chi connectivity index (χ0n) is 17.7. The van der Waals surface area contributed by atoms with Crippen LogP contribution in [0.25, 0.3) is 10.2 Å². The number of aryl methyl sites for hydroxylation is 1. The van der Waals surface area contributed by atoms with Gasteiger partial charge in [-0.3, -0.25) is 4.79 Å². The highest BCUT2D eigenvalue weighted by Crippen LogP contribution is 2.31. The van der Waals surface area contributed by atoms with Crippen LogP contribution in [0.15, 0.2) is 52.2 Å². The van der Waals surface area contributed by atoms with Gasteiger partial charge in [0.25, 0.3) is 15.9 Å². The number of nitrogens with zero attached hydrogens (tertiary/aromatic N) is 3. The van der Waals surface area contributed by atoms with Crippen LogP contribution in [0.2, 0.25) is 4.34 Å². The fourth-order valence-corrected chi connectivity index (χ4v) is 8.11. The summed E-state index contributed by atoms with van der Waals surface area (Å²) < 4.78 is 31.0. The summed E-state index contributed by atoms with van der Waals surface area (Å²) in [4.78, 5) is 18.2. The van der Waals surface area contributed by atoms with Crippen molar-refractivity contribution in [2.24, 2.45) is 10.9 Å². The average molecular weight is 510 g/mol. The van der Waals surface area contributed by atoms with Gasteiger partial charge in [-0.25, -0.2) is 8.42 Å². The maximum Gasteiger partial charge on any atom is 0.252 e. The van der Waals surface area contributed by atoms with E-state index in [1.54, 1.807) is 12.1 Å². The van der Waals surface area contributed by atoms with Crippen molar-refractivity contribution < 1.29 is 13.2 Å². The molecule has 0 aliphatic carbocycles. The van der Waals surface area contributed by atoms with Gasteiger partial charge in [0.1, 0.15) is 4.21 Å². The van der Waals surface area contributed by atoms with Crippen molar-refractivity contribution in [3.05, 3.63) is 57.7 Å². The summed E-state index contributed by atoms with van der Waals surface area (Å²) in [6.45, 7) is 7.00. The van der Waals surface area contributed by atoms with Gasteiger partial charge in [0.2, 0.25) is 0 Å². The Morgan fingerprint density at radius 2 is 2.12 bits per heavy atom. The van der Waals surface area contributed by atoms with E-state index in [1.807, 2.05) is 4.57 Å². The Morgan fingerprint density at radius 3 is 2.81 bits per heavy atom. The molecule has 1 unspecified atom stereocenters. The second-order valence-corrected chi connectivity index (χ2v) is 12.5. The van der Waals surface area contributed by atoms with Gasteiger partial charge < -0.3 is 4.57 Å². The Balaban J connectivity index is 1.63. The van der Waals surface area contributed by atoms with Crippen LogP contribution in [-0.2, 0) is 27.8 Å². The van der Waals surface area contributed by atoms with Crippen LogP contribution in [0, 0.1) is 5.92 Å². The molecule has 0 N–H and O–H groups in total. The Hall–Kier alpha value is -1.78. The van der Waals surface area contributed by atoms with E-state index in [2.05, 4.69) is 36.7 Å². The van der Waals surface area contributed by atoms with Crippen molar-refractivity contribution in [1.82, 2.24) is 8.87 Å². The van der Waals surface area contributed by atoms with Gasteiger partial charge in [-0.2, -0.15) is 9.30 Å². The SMILES string of the molecule is C=CCn1c(=NC(=O)C2CCCN(S(=O)(=O)c3ccc(Cl)s3)C2)sc2cc(CC)ccc21. The third-order valence-electron chi connectivity index (χ3n) is 5.55.